The first kappa shape index (κ1) is 17.2. The van der Waals surface area contributed by atoms with Crippen LogP contribution in [0.25, 0.3) is 11.0 Å². The molecule has 0 aliphatic carbocycles. The van der Waals surface area contributed by atoms with Crippen LogP contribution >= 0.6 is 0 Å². The van der Waals surface area contributed by atoms with Gasteiger partial charge in [-0.2, -0.15) is 0 Å². The second-order valence-corrected chi connectivity index (χ2v) is 6.16. The minimum absolute atomic E-state index is 0.00128. The number of hydrogen-bond acceptors (Lipinski definition) is 4. The van der Waals surface area contributed by atoms with Gasteiger partial charge < -0.3 is 14.8 Å². The van der Waals surface area contributed by atoms with Crippen molar-refractivity contribution in [1.29, 1.82) is 0 Å². The summed E-state index contributed by atoms with van der Waals surface area (Å²) >= 11 is 0. The topological polar surface area (TPSA) is 75.4 Å². The lowest BCUT2D eigenvalue weighted by Gasteiger charge is -2.14. The van der Waals surface area contributed by atoms with Gasteiger partial charge in [0.2, 0.25) is 0 Å². The van der Waals surface area contributed by atoms with Crippen LogP contribution in [0.2, 0.25) is 0 Å². The maximum atomic E-state index is 12.5. The lowest BCUT2D eigenvalue weighted by molar-refractivity contribution is 0.0940. The smallest absolute Gasteiger partial charge is 0.255 e. The van der Waals surface area contributed by atoms with Gasteiger partial charge in [0.1, 0.15) is 11.8 Å². The van der Waals surface area contributed by atoms with E-state index < -0.39 is 0 Å². The molecule has 0 saturated carbocycles. The Bertz CT molecular complexity index is 843. The zero-order valence-electron chi connectivity index (χ0n) is 14.2. The van der Waals surface area contributed by atoms with Crippen molar-refractivity contribution in [3.63, 3.8) is 0 Å². The van der Waals surface area contributed by atoms with E-state index in [1.165, 1.54) is 6.26 Å². The molecule has 1 aromatic carbocycles. The Morgan fingerprint density at radius 3 is 2.92 bits per heavy atom. The summed E-state index contributed by atoms with van der Waals surface area (Å²) in [6.45, 7) is 2.47. The number of aliphatic hydroxyl groups excluding tert-OH is 1. The number of hydrogen-bond donors (Lipinski definition) is 2. The van der Waals surface area contributed by atoms with E-state index in [0.29, 0.717) is 24.1 Å². The number of fused-ring (bicyclic) bond motifs is 1. The minimum Gasteiger partial charge on any atom is -0.463 e. The van der Waals surface area contributed by atoms with Crippen molar-refractivity contribution < 1.29 is 14.3 Å². The van der Waals surface area contributed by atoms with Gasteiger partial charge in [0.15, 0.2) is 0 Å². The summed E-state index contributed by atoms with van der Waals surface area (Å²) < 4.78 is 5.48. The maximum absolute atomic E-state index is 12.5. The van der Waals surface area contributed by atoms with Crippen LogP contribution in [0.15, 0.2) is 53.4 Å². The Balaban J connectivity index is 1.67. The molecule has 0 fully saturated rings. The van der Waals surface area contributed by atoms with Crippen molar-refractivity contribution in [3.05, 3.63) is 65.7 Å². The SMILES string of the molecule is CCc1ccc2occ(C(=O)NCC(CO)Cc3cccnc3)c2c1. The summed E-state index contributed by atoms with van der Waals surface area (Å²) in [6.07, 6.45) is 6.55. The Kier molecular flexibility index (Phi) is 5.46. The number of nitrogens with one attached hydrogen (secondary N) is 1. The predicted molar refractivity (Wildman–Crippen MR) is 96.4 cm³/mol. The molecule has 2 N–H and O–H groups in total. The number of amides is 1. The molecule has 25 heavy (non-hydrogen) atoms. The van der Waals surface area contributed by atoms with Crippen molar-refractivity contribution in [2.45, 2.75) is 19.8 Å². The van der Waals surface area contributed by atoms with Gasteiger partial charge in [-0.15, -0.1) is 0 Å². The minimum atomic E-state index is -0.184. The molecule has 3 rings (SSSR count). The van der Waals surface area contributed by atoms with Gasteiger partial charge >= 0.3 is 0 Å². The number of aryl methyl sites for hydroxylation is 1. The standard InChI is InChI=1S/C20H22N2O3/c1-2-14-5-6-19-17(9-14)18(13-25-19)20(24)22-11-16(12-23)8-15-4-3-7-21-10-15/h3-7,9-10,13,16,23H,2,8,11-12H2,1H3,(H,22,24). The van der Waals surface area contributed by atoms with Gasteiger partial charge in [-0.05, 0) is 42.2 Å². The number of rotatable bonds is 7. The fraction of sp³-hybridized carbons (Fsp3) is 0.300. The molecule has 5 heteroatoms. The third-order valence-electron chi connectivity index (χ3n) is 4.35. The summed E-state index contributed by atoms with van der Waals surface area (Å²) in [5.41, 5.74) is 3.43. The molecule has 130 valence electrons. The van der Waals surface area contributed by atoms with E-state index in [1.54, 1.807) is 12.4 Å². The fourth-order valence-electron chi connectivity index (χ4n) is 2.86. The number of pyridine rings is 1. The second-order valence-electron chi connectivity index (χ2n) is 6.16. The molecule has 0 bridgehead atoms. The van der Waals surface area contributed by atoms with Gasteiger partial charge in [-0.1, -0.05) is 19.1 Å². The van der Waals surface area contributed by atoms with Crippen molar-refractivity contribution in [3.8, 4) is 0 Å². The molecule has 0 spiro atoms. The highest BCUT2D eigenvalue weighted by Crippen LogP contribution is 2.23. The monoisotopic (exact) mass is 338 g/mol. The molecule has 1 atom stereocenters. The summed E-state index contributed by atoms with van der Waals surface area (Å²) in [5, 5.41) is 13.3. The number of nitrogens with zero attached hydrogens (tertiary/aromatic N) is 1. The van der Waals surface area contributed by atoms with E-state index >= 15 is 0 Å². The molecular formula is C20H22N2O3. The molecule has 1 amide bonds. The van der Waals surface area contributed by atoms with Gasteiger partial charge in [0.25, 0.3) is 5.91 Å². The van der Waals surface area contributed by atoms with E-state index in [-0.39, 0.29) is 18.4 Å². The maximum Gasteiger partial charge on any atom is 0.255 e. The van der Waals surface area contributed by atoms with E-state index in [0.717, 1.165) is 22.9 Å². The Morgan fingerprint density at radius 1 is 1.32 bits per heavy atom. The van der Waals surface area contributed by atoms with Gasteiger partial charge in [0, 0.05) is 36.8 Å². The predicted octanol–water partition coefficient (Wildman–Crippen LogP) is 2.97. The van der Waals surface area contributed by atoms with Crippen LogP contribution in [0.5, 0.6) is 0 Å². The van der Waals surface area contributed by atoms with E-state index in [4.69, 9.17) is 4.42 Å². The van der Waals surface area contributed by atoms with Crippen LogP contribution in [0.4, 0.5) is 0 Å². The molecule has 0 aliphatic heterocycles. The van der Waals surface area contributed by atoms with Gasteiger partial charge in [-0.25, -0.2) is 0 Å². The van der Waals surface area contributed by atoms with Crippen LogP contribution in [0.3, 0.4) is 0 Å². The molecule has 2 aromatic heterocycles. The van der Waals surface area contributed by atoms with Crippen LogP contribution < -0.4 is 5.32 Å². The normalized spacial score (nSPS) is 12.2. The number of carbonyl (C=O) groups is 1. The summed E-state index contributed by atoms with van der Waals surface area (Å²) in [7, 11) is 0. The van der Waals surface area contributed by atoms with E-state index in [9.17, 15) is 9.90 Å². The van der Waals surface area contributed by atoms with E-state index in [2.05, 4.69) is 17.2 Å². The van der Waals surface area contributed by atoms with Crippen LogP contribution in [-0.4, -0.2) is 29.1 Å². The van der Waals surface area contributed by atoms with Crippen molar-refractivity contribution in [2.75, 3.05) is 13.2 Å². The number of aromatic nitrogens is 1. The van der Waals surface area contributed by atoms with Crippen molar-refractivity contribution >= 4 is 16.9 Å². The average Bonchev–Trinajstić information content (AvgIpc) is 3.08. The summed E-state index contributed by atoms with van der Waals surface area (Å²) in [4.78, 5) is 16.6. The first-order valence-electron chi connectivity index (χ1n) is 8.49. The summed E-state index contributed by atoms with van der Waals surface area (Å²) in [5.74, 6) is -0.242. The number of furan rings is 1. The molecule has 0 saturated heterocycles. The Labute approximate surface area is 146 Å². The molecule has 0 aliphatic rings. The molecule has 5 nitrogen and oxygen atoms in total. The van der Waals surface area contributed by atoms with Crippen molar-refractivity contribution in [1.82, 2.24) is 10.3 Å². The van der Waals surface area contributed by atoms with Gasteiger partial charge in [0.05, 0.1) is 5.56 Å². The number of aliphatic hydroxyl groups is 1. The molecule has 2 heterocycles. The molecule has 0 radical (unpaired) electrons. The highest BCUT2D eigenvalue weighted by Gasteiger charge is 2.16. The molecular weight excluding hydrogens is 316 g/mol. The zero-order chi connectivity index (χ0) is 17.6. The Hall–Kier alpha value is -2.66. The fourth-order valence-corrected chi connectivity index (χ4v) is 2.86. The van der Waals surface area contributed by atoms with Crippen molar-refractivity contribution in [2.24, 2.45) is 5.92 Å². The Morgan fingerprint density at radius 2 is 2.20 bits per heavy atom. The van der Waals surface area contributed by atoms with Gasteiger partial charge in [-0.3, -0.25) is 9.78 Å². The van der Waals surface area contributed by atoms with E-state index in [1.807, 2.05) is 30.3 Å². The van der Waals surface area contributed by atoms with Crippen LogP contribution in [0.1, 0.15) is 28.4 Å². The quantitative estimate of drug-likeness (QED) is 0.694. The average molecular weight is 338 g/mol. The third-order valence-corrected chi connectivity index (χ3v) is 4.35. The first-order valence-corrected chi connectivity index (χ1v) is 8.49. The second kappa shape index (κ2) is 7.94. The lowest BCUT2D eigenvalue weighted by Crippen LogP contribution is -2.31. The largest absolute Gasteiger partial charge is 0.463 e. The summed E-state index contributed by atoms with van der Waals surface area (Å²) in [6, 6.07) is 9.72. The molecule has 1 unspecified atom stereocenters. The number of benzene rings is 1. The lowest BCUT2D eigenvalue weighted by atomic mass is 10.0. The number of carbonyl (C=O) groups excluding carboxylic acids is 1. The van der Waals surface area contributed by atoms with Crippen LogP contribution in [0, 0.1) is 5.92 Å². The third kappa shape index (κ3) is 4.06. The zero-order valence-corrected chi connectivity index (χ0v) is 14.2. The highest BCUT2D eigenvalue weighted by molar-refractivity contribution is 6.06. The molecule has 3 aromatic rings. The van der Waals surface area contributed by atoms with Crippen LogP contribution in [-0.2, 0) is 12.8 Å². The highest BCUT2D eigenvalue weighted by atomic mass is 16.3. The first-order chi connectivity index (χ1) is 12.2.